The van der Waals surface area contributed by atoms with Crippen molar-refractivity contribution in [3.63, 3.8) is 0 Å². The molecule has 0 amide bonds. The van der Waals surface area contributed by atoms with Crippen LogP contribution in [0.3, 0.4) is 0 Å². The van der Waals surface area contributed by atoms with E-state index in [-0.39, 0.29) is 0 Å². The summed E-state index contributed by atoms with van der Waals surface area (Å²) in [6.45, 7) is 4.67. The second-order valence-electron chi connectivity index (χ2n) is 4.15. The van der Waals surface area contributed by atoms with Gasteiger partial charge in [0.2, 0.25) is 0 Å². The third-order valence-electron chi connectivity index (χ3n) is 2.88. The number of hydrogen-bond donors (Lipinski definition) is 0. The molecule has 1 heterocycles. The zero-order chi connectivity index (χ0) is 12.1. The van der Waals surface area contributed by atoms with Gasteiger partial charge in [0.25, 0.3) is 0 Å². The molecular weight excluding hydrogens is 234 g/mol. The van der Waals surface area contributed by atoms with Crippen molar-refractivity contribution in [1.82, 2.24) is 4.57 Å². The molecule has 2 rings (SSSR count). The second kappa shape index (κ2) is 6.08. The third kappa shape index (κ3) is 3.02. The van der Waals surface area contributed by atoms with Crippen LogP contribution in [0.1, 0.15) is 19.8 Å². The third-order valence-corrected chi connectivity index (χ3v) is 3.21. The molecule has 0 unspecified atom stereocenters. The molecule has 0 spiro atoms. The molecular formula is C14H18ClNO. The van der Waals surface area contributed by atoms with Crippen LogP contribution >= 0.6 is 11.6 Å². The second-order valence-corrected chi connectivity index (χ2v) is 4.55. The van der Waals surface area contributed by atoms with E-state index < -0.39 is 0 Å². The van der Waals surface area contributed by atoms with E-state index in [9.17, 15) is 0 Å². The van der Waals surface area contributed by atoms with E-state index in [0.717, 1.165) is 36.6 Å². The SMILES string of the molecule is CCCCOCCn1ccc2c(Cl)cccc21. The first-order valence-electron chi connectivity index (χ1n) is 6.14. The van der Waals surface area contributed by atoms with Crippen LogP contribution in [0, 0.1) is 0 Å². The van der Waals surface area contributed by atoms with Crippen molar-refractivity contribution in [3.8, 4) is 0 Å². The van der Waals surface area contributed by atoms with Gasteiger partial charge in [-0.15, -0.1) is 0 Å². The molecule has 17 heavy (non-hydrogen) atoms. The fourth-order valence-corrected chi connectivity index (χ4v) is 2.12. The standard InChI is InChI=1S/C14H18ClNO/c1-2-3-10-17-11-9-16-8-7-12-13(15)5-4-6-14(12)16/h4-8H,2-3,9-11H2,1H3. The van der Waals surface area contributed by atoms with Gasteiger partial charge in [0.05, 0.1) is 6.61 Å². The maximum atomic E-state index is 6.13. The number of nitrogens with zero attached hydrogens (tertiary/aromatic N) is 1. The van der Waals surface area contributed by atoms with Crippen LogP contribution in [-0.4, -0.2) is 17.8 Å². The highest BCUT2D eigenvalue weighted by Gasteiger charge is 2.03. The maximum Gasteiger partial charge on any atom is 0.0645 e. The van der Waals surface area contributed by atoms with Crippen molar-refractivity contribution >= 4 is 22.5 Å². The van der Waals surface area contributed by atoms with Gasteiger partial charge in [-0.2, -0.15) is 0 Å². The summed E-state index contributed by atoms with van der Waals surface area (Å²) in [5, 5.41) is 1.93. The Kier molecular flexibility index (Phi) is 4.46. The Morgan fingerprint density at radius 3 is 2.94 bits per heavy atom. The molecule has 1 aromatic heterocycles. The predicted molar refractivity (Wildman–Crippen MR) is 72.7 cm³/mol. The van der Waals surface area contributed by atoms with Crippen molar-refractivity contribution in [2.75, 3.05) is 13.2 Å². The van der Waals surface area contributed by atoms with Crippen molar-refractivity contribution < 1.29 is 4.74 Å². The maximum absolute atomic E-state index is 6.13. The number of aromatic nitrogens is 1. The molecule has 3 heteroatoms. The van der Waals surface area contributed by atoms with Gasteiger partial charge in [-0.3, -0.25) is 0 Å². The Morgan fingerprint density at radius 2 is 2.12 bits per heavy atom. The summed E-state index contributed by atoms with van der Waals surface area (Å²) in [5.41, 5.74) is 1.18. The van der Waals surface area contributed by atoms with Crippen LogP contribution in [-0.2, 0) is 11.3 Å². The number of rotatable bonds is 6. The molecule has 0 bridgehead atoms. The van der Waals surface area contributed by atoms with Gasteiger partial charge in [-0.1, -0.05) is 31.0 Å². The summed E-state index contributed by atoms with van der Waals surface area (Å²) in [6.07, 6.45) is 4.39. The van der Waals surface area contributed by atoms with Crippen LogP contribution in [0.25, 0.3) is 10.9 Å². The smallest absolute Gasteiger partial charge is 0.0645 e. The molecule has 0 aliphatic carbocycles. The minimum atomic E-state index is 0.760. The van der Waals surface area contributed by atoms with Crippen LogP contribution < -0.4 is 0 Å². The first kappa shape index (κ1) is 12.5. The van der Waals surface area contributed by atoms with Gasteiger partial charge in [-0.05, 0) is 24.6 Å². The Balaban J connectivity index is 1.97. The van der Waals surface area contributed by atoms with E-state index in [1.54, 1.807) is 0 Å². The number of halogens is 1. The Bertz CT molecular complexity index is 478. The average molecular weight is 252 g/mol. The van der Waals surface area contributed by atoms with Crippen molar-refractivity contribution in [2.45, 2.75) is 26.3 Å². The molecule has 0 fully saturated rings. The molecule has 0 saturated heterocycles. The minimum Gasteiger partial charge on any atom is -0.380 e. The number of unbranched alkanes of at least 4 members (excludes halogenated alkanes) is 1. The number of benzene rings is 1. The van der Waals surface area contributed by atoms with Crippen LogP contribution in [0.2, 0.25) is 5.02 Å². The summed E-state index contributed by atoms with van der Waals surface area (Å²) < 4.78 is 7.76. The summed E-state index contributed by atoms with van der Waals surface area (Å²) in [7, 11) is 0. The van der Waals surface area contributed by atoms with E-state index >= 15 is 0 Å². The van der Waals surface area contributed by atoms with Gasteiger partial charge in [0.15, 0.2) is 0 Å². The topological polar surface area (TPSA) is 14.2 Å². The van der Waals surface area contributed by atoms with E-state index in [2.05, 4.69) is 29.8 Å². The Labute approximate surface area is 107 Å². The van der Waals surface area contributed by atoms with E-state index in [0.29, 0.717) is 0 Å². The summed E-state index contributed by atoms with van der Waals surface area (Å²) in [5.74, 6) is 0. The fraction of sp³-hybridized carbons (Fsp3) is 0.429. The molecule has 0 aliphatic heterocycles. The normalized spacial score (nSPS) is 11.2. The summed E-state index contributed by atoms with van der Waals surface area (Å²) in [6, 6.07) is 8.06. The number of ether oxygens (including phenoxy) is 1. The first-order chi connectivity index (χ1) is 8.33. The predicted octanol–water partition coefficient (Wildman–Crippen LogP) is 4.11. The zero-order valence-corrected chi connectivity index (χ0v) is 10.9. The summed E-state index contributed by atoms with van der Waals surface area (Å²) >= 11 is 6.13. The lowest BCUT2D eigenvalue weighted by atomic mass is 10.2. The molecule has 0 aliphatic rings. The van der Waals surface area contributed by atoms with E-state index in [1.165, 1.54) is 11.9 Å². The van der Waals surface area contributed by atoms with Gasteiger partial charge < -0.3 is 9.30 Å². The monoisotopic (exact) mass is 251 g/mol. The van der Waals surface area contributed by atoms with Crippen LogP contribution in [0.15, 0.2) is 30.5 Å². The van der Waals surface area contributed by atoms with Gasteiger partial charge in [-0.25, -0.2) is 0 Å². The van der Waals surface area contributed by atoms with Gasteiger partial charge >= 0.3 is 0 Å². The van der Waals surface area contributed by atoms with Gasteiger partial charge in [0, 0.05) is 35.3 Å². The van der Waals surface area contributed by atoms with Crippen molar-refractivity contribution in [3.05, 3.63) is 35.5 Å². The lowest BCUT2D eigenvalue weighted by Crippen LogP contribution is -2.05. The highest BCUT2D eigenvalue weighted by atomic mass is 35.5. The Hall–Kier alpha value is -0.990. The molecule has 92 valence electrons. The molecule has 0 N–H and O–H groups in total. The molecule has 0 atom stereocenters. The van der Waals surface area contributed by atoms with Crippen LogP contribution in [0.5, 0.6) is 0 Å². The molecule has 2 aromatic rings. The minimum absolute atomic E-state index is 0.760. The Morgan fingerprint density at radius 1 is 1.24 bits per heavy atom. The molecule has 1 aromatic carbocycles. The largest absolute Gasteiger partial charge is 0.380 e. The number of hydrogen-bond acceptors (Lipinski definition) is 1. The van der Waals surface area contributed by atoms with Crippen LogP contribution in [0.4, 0.5) is 0 Å². The summed E-state index contributed by atoms with van der Waals surface area (Å²) in [4.78, 5) is 0. The number of fused-ring (bicyclic) bond motifs is 1. The van der Waals surface area contributed by atoms with E-state index in [1.807, 2.05) is 12.1 Å². The highest BCUT2D eigenvalue weighted by molar-refractivity contribution is 6.35. The molecule has 0 saturated carbocycles. The van der Waals surface area contributed by atoms with E-state index in [4.69, 9.17) is 16.3 Å². The molecule has 2 nitrogen and oxygen atoms in total. The zero-order valence-electron chi connectivity index (χ0n) is 10.2. The lowest BCUT2D eigenvalue weighted by molar-refractivity contribution is 0.124. The van der Waals surface area contributed by atoms with Crippen molar-refractivity contribution in [2.24, 2.45) is 0 Å². The quantitative estimate of drug-likeness (QED) is 0.705. The highest BCUT2D eigenvalue weighted by Crippen LogP contribution is 2.23. The lowest BCUT2D eigenvalue weighted by Gasteiger charge is -2.06. The first-order valence-corrected chi connectivity index (χ1v) is 6.52. The molecule has 0 radical (unpaired) electrons. The average Bonchev–Trinajstić information content (AvgIpc) is 2.74. The fourth-order valence-electron chi connectivity index (χ4n) is 1.89. The van der Waals surface area contributed by atoms with Crippen molar-refractivity contribution in [1.29, 1.82) is 0 Å². The van der Waals surface area contributed by atoms with Gasteiger partial charge in [0.1, 0.15) is 0 Å².